The minimum atomic E-state index is -4.35. The smallest absolute Gasteiger partial charge is 0.372 e. The highest BCUT2D eigenvalue weighted by molar-refractivity contribution is 7.19. The molecule has 0 aliphatic heterocycles. The van der Waals surface area contributed by atoms with Gasteiger partial charge < -0.3 is 15.8 Å². The molecular formula is C26H23F3N4OS. The summed E-state index contributed by atoms with van der Waals surface area (Å²) in [6.45, 7) is 0.698. The summed E-state index contributed by atoms with van der Waals surface area (Å²) < 4.78 is 43.3. The van der Waals surface area contributed by atoms with Crippen LogP contribution in [0.2, 0.25) is 0 Å². The highest BCUT2D eigenvalue weighted by atomic mass is 32.1. The van der Waals surface area contributed by atoms with Crippen molar-refractivity contribution in [1.29, 1.82) is 0 Å². The van der Waals surface area contributed by atoms with Crippen molar-refractivity contribution in [3.63, 3.8) is 0 Å². The first kappa shape index (κ1) is 24.7. The van der Waals surface area contributed by atoms with E-state index in [0.29, 0.717) is 30.4 Å². The Morgan fingerprint density at radius 3 is 2.66 bits per heavy atom. The summed E-state index contributed by atoms with van der Waals surface area (Å²) in [5.74, 6) is 6.03. The van der Waals surface area contributed by atoms with Crippen LogP contribution < -0.4 is 11.1 Å². The summed E-state index contributed by atoms with van der Waals surface area (Å²) in [6.07, 6.45) is -0.349. The van der Waals surface area contributed by atoms with E-state index in [1.54, 1.807) is 13.3 Å². The van der Waals surface area contributed by atoms with Gasteiger partial charge in [0.1, 0.15) is 12.3 Å². The summed E-state index contributed by atoms with van der Waals surface area (Å²) in [5.41, 5.74) is 7.93. The third kappa shape index (κ3) is 6.36. The van der Waals surface area contributed by atoms with E-state index in [-0.39, 0.29) is 6.04 Å². The lowest BCUT2D eigenvalue weighted by atomic mass is 10.0. The Bertz CT molecular complexity index is 1360. The van der Waals surface area contributed by atoms with Crippen LogP contribution in [0.15, 0.2) is 60.9 Å². The van der Waals surface area contributed by atoms with Gasteiger partial charge in [-0.2, -0.15) is 13.2 Å². The van der Waals surface area contributed by atoms with Crippen LogP contribution in [-0.2, 0) is 17.3 Å². The Balaban J connectivity index is 1.49. The molecule has 0 fully saturated rings. The molecule has 35 heavy (non-hydrogen) atoms. The summed E-state index contributed by atoms with van der Waals surface area (Å²) in [7, 11) is 1.58. The first-order valence-corrected chi connectivity index (χ1v) is 11.6. The Kier molecular flexibility index (Phi) is 7.66. The number of hydrogen-bond acceptors (Lipinski definition) is 6. The van der Waals surface area contributed by atoms with E-state index in [4.69, 9.17) is 10.5 Å². The van der Waals surface area contributed by atoms with Crippen molar-refractivity contribution in [2.45, 2.75) is 18.6 Å². The fourth-order valence-electron chi connectivity index (χ4n) is 3.52. The van der Waals surface area contributed by atoms with Crippen molar-refractivity contribution >= 4 is 27.2 Å². The number of nitrogens with two attached hydrogens (primary N) is 1. The van der Waals surface area contributed by atoms with Gasteiger partial charge in [-0.05, 0) is 53.1 Å². The molecule has 4 aromatic rings. The molecule has 0 saturated carbocycles. The summed E-state index contributed by atoms with van der Waals surface area (Å²) >= 11 is 1.47. The quantitative estimate of drug-likeness (QED) is 0.337. The first-order chi connectivity index (χ1) is 16.8. The topological polar surface area (TPSA) is 73.1 Å². The fraction of sp³-hybridized carbons (Fsp3) is 0.231. The number of methoxy groups -OCH3 is 1. The van der Waals surface area contributed by atoms with Gasteiger partial charge in [0.25, 0.3) is 0 Å². The fourth-order valence-corrected chi connectivity index (χ4v) is 4.44. The molecule has 0 aliphatic rings. The van der Waals surface area contributed by atoms with E-state index < -0.39 is 11.7 Å². The molecule has 3 N–H and O–H groups in total. The number of thiazole rings is 1. The average molecular weight is 497 g/mol. The second kappa shape index (κ2) is 10.9. The van der Waals surface area contributed by atoms with Gasteiger partial charge in [-0.25, -0.2) is 4.98 Å². The third-order valence-electron chi connectivity index (χ3n) is 5.25. The molecule has 2 heterocycles. The maximum Gasteiger partial charge on any atom is 0.416 e. The van der Waals surface area contributed by atoms with Gasteiger partial charge in [0.05, 0.1) is 10.4 Å². The van der Waals surface area contributed by atoms with Crippen molar-refractivity contribution in [2.75, 3.05) is 25.6 Å². The van der Waals surface area contributed by atoms with E-state index in [9.17, 15) is 13.2 Å². The van der Waals surface area contributed by atoms with E-state index in [1.807, 2.05) is 24.4 Å². The van der Waals surface area contributed by atoms with Crippen molar-refractivity contribution in [3.8, 4) is 22.3 Å². The molecule has 180 valence electrons. The van der Waals surface area contributed by atoms with E-state index in [0.717, 1.165) is 38.9 Å². The molecule has 0 radical (unpaired) electrons. The number of alkyl halides is 3. The number of rotatable bonds is 7. The van der Waals surface area contributed by atoms with Crippen molar-refractivity contribution in [2.24, 2.45) is 5.73 Å². The molecule has 2 aromatic heterocycles. The second-order valence-corrected chi connectivity index (χ2v) is 8.91. The highest BCUT2D eigenvalue weighted by Gasteiger charge is 2.29. The Hall–Kier alpha value is -3.45. The lowest BCUT2D eigenvalue weighted by Crippen LogP contribution is -2.31. The third-order valence-corrected chi connectivity index (χ3v) is 6.31. The van der Waals surface area contributed by atoms with Gasteiger partial charge in [-0.1, -0.05) is 41.5 Å². The number of ether oxygens (including phenoxy) is 1. The first-order valence-electron chi connectivity index (χ1n) is 10.8. The summed E-state index contributed by atoms with van der Waals surface area (Å²) in [5, 5.41) is 6.02. The highest BCUT2D eigenvalue weighted by Crippen LogP contribution is 2.34. The minimum Gasteiger partial charge on any atom is -0.372 e. The van der Waals surface area contributed by atoms with E-state index in [2.05, 4.69) is 33.2 Å². The van der Waals surface area contributed by atoms with Gasteiger partial charge in [0.2, 0.25) is 0 Å². The molecule has 0 amide bonds. The van der Waals surface area contributed by atoms with Gasteiger partial charge in [0, 0.05) is 37.5 Å². The number of halogens is 3. The zero-order valence-electron chi connectivity index (χ0n) is 18.9. The number of hydrogen-bond donors (Lipinski definition) is 2. The molecule has 5 nitrogen and oxygen atoms in total. The normalized spacial score (nSPS) is 12.3. The largest absolute Gasteiger partial charge is 0.416 e. The maximum atomic E-state index is 12.8. The lowest BCUT2D eigenvalue weighted by molar-refractivity contribution is -0.137. The zero-order valence-corrected chi connectivity index (χ0v) is 19.7. The molecule has 0 bridgehead atoms. The summed E-state index contributed by atoms with van der Waals surface area (Å²) in [4.78, 5) is 9.72. The molecule has 4 rings (SSSR count). The van der Waals surface area contributed by atoms with Crippen molar-refractivity contribution in [1.82, 2.24) is 9.97 Å². The molecule has 1 unspecified atom stereocenters. The number of anilines is 1. The van der Waals surface area contributed by atoms with Crippen LogP contribution in [0.4, 0.5) is 18.3 Å². The second-order valence-electron chi connectivity index (χ2n) is 7.91. The monoisotopic (exact) mass is 496 g/mol. The van der Waals surface area contributed by atoms with E-state index in [1.165, 1.54) is 23.5 Å². The molecule has 0 spiro atoms. The average Bonchev–Trinajstić information content (AvgIpc) is 3.25. The Labute approximate surface area is 205 Å². The van der Waals surface area contributed by atoms with E-state index >= 15 is 0 Å². The predicted molar refractivity (Wildman–Crippen MR) is 133 cm³/mol. The Morgan fingerprint density at radius 1 is 1.11 bits per heavy atom. The minimum absolute atomic E-state index is 0.293. The van der Waals surface area contributed by atoms with Gasteiger partial charge in [-0.3, -0.25) is 4.98 Å². The summed E-state index contributed by atoms with van der Waals surface area (Å²) in [6, 6.07) is 12.8. The van der Waals surface area contributed by atoms with Crippen LogP contribution in [0.3, 0.4) is 0 Å². The van der Waals surface area contributed by atoms with Crippen LogP contribution in [-0.4, -0.2) is 36.3 Å². The number of benzene rings is 2. The molecule has 2 aromatic carbocycles. The SMILES string of the molecule is COCC#Cc1nc(NCC(N)Cc2ccc(C(F)(F)F)cc2)sc1-c1ccc2cnccc2c1. The van der Waals surface area contributed by atoms with Gasteiger partial charge in [0.15, 0.2) is 5.13 Å². The predicted octanol–water partition coefficient (Wildman–Crippen LogP) is 5.36. The lowest BCUT2D eigenvalue weighted by Gasteiger charge is -2.13. The molecule has 0 aliphatic carbocycles. The van der Waals surface area contributed by atoms with Crippen LogP contribution >= 0.6 is 11.3 Å². The Morgan fingerprint density at radius 2 is 1.91 bits per heavy atom. The van der Waals surface area contributed by atoms with Gasteiger partial charge in [-0.15, -0.1) is 0 Å². The number of nitrogens with zero attached hydrogens (tertiary/aromatic N) is 2. The van der Waals surface area contributed by atoms with Crippen LogP contribution in [0.1, 0.15) is 16.8 Å². The van der Waals surface area contributed by atoms with Crippen LogP contribution in [0.5, 0.6) is 0 Å². The molecule has 9 heteroatoms. The number of fused-ring (bicyclic) bond motifs is 1. The maximum absolute atomic E-state index is 12.8. The van der Waals surface area contributed by atoms with Gasteiger partial charge >= 0.3 is 6.18 Å². The standard InChI is InChI=1S/C26H23F3N4OS/c1-34-12-2-3-23-24(19-6-7-20-15-31-11-10-18(20)14-19)35-25(33-23)32-16-22(30)13-17-4-8-21(9-5-17)26(27,28)29/h4-11,14-15,22H,12-13,16,30H2,1H3,(H,32,33). The van der Waals surface area contributed by atoms with Crippen LogP contribution in [0.25, 0.3) is 21.2 Å². The molecule has 0 saturated heterocycles. The number of pyridine rings is 1. The van der Waals surface area contributed by atoms with Crippen LogP contribution in [0, 0.1) is 11.8 Å². The molecular weight excluding hydrogens is 473 g/mol. The van der Waals surface area contributed by atoms with Crippen molar-refractivity contribution < 1.29 is 17.9 Å². The van der Waals surface area contributed by atoms with Crippen molar-refractivity contribution in [3.05, 3.63) is 77.7 Å². The number of nitrogens with one attached hydrogen (secondary N) is 1. The molecule has 1 atom stereocenters. The zero-order chi connectivity index (χ0) is 24.8. The number of aromatic nitrogens is 2.